The Kier molecular flexibility index (Phi) is 2.87. The normalized spacial score (nSPS) is 10.8. The quantitative estimate of drug-likeness (QED) is 0.699. The molecule has 3 N–H and O–H groups in total. The van der Waals surface area contributed by atoms with Gasteiger partial charge in [0.2, 0.25) is 0 Å². The van der Waals surface area contributed by atoms with Crippen LogP contribution in [0.15, 0.2) is 45.3 Å². The molecule has 0 saturated heterocycles. The van der Waals surface area contributed by atoms with Crippen LogP contribution in [0.2, 0.25) is 0 Å². The van der Waals surface area contributed by atoms with Crippen molar-refractivity contribution < 1.29 is 8.81 Å². The number of hydrogen-bond acceptors (Lipinski definition) is 4. The van der Waals surface area contributed by atoms with E-state index in [-0.39, 0.29) is 5.82 Å². The van der Waals surface area contributed by atoms with Gasteiger partial charge >= 0.3 is 0 Å². The molecule has 19 heavy (non-hydrogen) atoms. The van der Waals surface area contributed by atoms with Crippen LogP contribution in [0, 0.1) is 5.82 Å². The number of nitrogen functional groups attached to an aromatic ring is 1. The summed E-state index contributed by atoms with van der Waals surface area (Å²) < 4.78 is 19.3. The Morgan fingerprint density at radius 1 is 1.21 bits per heavy atom. The highest BCUT2D eigenvalue weighted by Crippen LogP contribution is 2.25. The van der Waals surface area contributed by atoms with E-state index in [2.05, 4.69) is 26.2 Å². The minimum Gasteiger partial charge on any atom is -0.423 e. The molecule has 0 spiro atoms. The van der Waals surface area contributed by atoms with Crippen LogP contribution in [0.5, 0.6) is 0 Å². The third-order valence-corrected chi connectivity index (χ3v) is 3.23. The van der Waals surface area contributed by atoms with Gasteiger partial charge < -0.3 is 15.5 Å². The molecular formula is C13H9BrFN3O. The first-order chi connectivity index (χ1) is 9.11. The van der Waals surface area contributed by atoms with E-state index in [0.717, 1.165) is 0 Å². The molecule has 3 aromatic rings. The van der Waals surface area contributed by atoms with Gasteiger partial charge in [0.25, 0.3) is 6.01 Å². The van der Waals surface area contributed by atoms with E-state index < -0.39 is 0 Å². The second-order valence-electron chi connectivity index (χ2n) is 4.00. The molecule has 0 saturated carbocycles. The number of fused-ring (bicyclic) bond motifs is 1. The van der Waals surface area contributed by atoms with Crippen molar-refractivity contribution in [3.05, 3.63) is 46.7 Å². The first-order valence-electron chi connectivity index (χ1n) is 5.50. The van der Waals surface area contributed by atoms with E-state index in [0.29, 0.717) is 33.0 Å². The van der Waals surface area contributed by atoms with E-state index in [1.165, 1.54) is 6.07 Å². The van der Waals surface area contributed by atoms with Crippen molar-refractivity contribution in [2.24, 2.45) is 0 Å². The van der Waals surface area contributed by atoms with Gasteiger partial charge in [0.1, 0.15) is 11.3 Å². The standard InChI is InChI=1S/C13H9BrFN3O/c14-9-3-2-8(6-10(9)15)17-13-18-11-5-7(16)1-4-12(11)19-13/h1-6H,16H2,(H,17,18). The number of benzene rings is 2. The van der Waals surface area contributed by atoms with Crippen molar-refractivity contribution in [2.45, 2.75) is 0 Å². The van der Waals surface area contributed by atoms with Gasteiger partial charge in [-0.1, -0.05) is 0 Å². The largest absolute Gasteiger partial charge is 0.423 e. The van der Waals surface area contributed by atoms with Gasteiger partial charge in [-0.3, -0.25) is 0 Å². The minimum atomic E-state index is -0.356. The number of rotatable bonds is 2. The monoisotopic (exact) mass is 321 g/mol. The second kappa shape index (κ2) is 4.55. The summed E-state index contributed by atoms with van der Waals surface area (Å²) in [5.74, 6) is -0.356. The van der Waals surface area contributed by atoms with Gasteiger partial charge in [0.05, 0.1) is 4.47 Å². The average molecular weight is 322 g/mol. The van der Waals surface area contributed by atoms with Crippen LogP contribution in [-0.4, -0.2) is 4.98 Å². The lowest BCUT2D eigenvalue weighted by atomic mass is 10.3. The number of hydrogen-bond donors (Lipinski definition) is 2. The highest BCUT2D eigenvalue weighted by Gasteiger charge is 2.07. The molecule has 96 valence electrons. The molecule has 0 aliphatic rings. The SMILES string of the molecule is Nc1ccc2oc(Nc3ccc(Br)c(F)c3)nc2c1. The lowest BCUT2D eigenvalue weighted by Gasteiger charge is -2.02. The molecule has 2 aromatic carbocycles. The van der Waals surface area contributed by atoms with E-state index >= 15 is 0 Å². The fourth-order valence-corrected chi connectivity index (χ4v) is 1.94. The molecule has 0 aliphatic carbocycles. The van der Waals surface area contributed by atoms with Gasteiger partial charge in [-0.2, -0.15) is 4.98 Å². The number of anilines is 3. The second-order valence-corrected chi connectivity index (χ2v) is 4.85. The summed E-state index contributed by atoms with van der Waals surface area (Å²) in [5.41, 5.74) is 8.11. The Morgan fingerprint density at radius 3 is 2.84 bits per heavy atom. The van der Waals surface area contributed by atoms with Crippen molar-refractivity contribution in [3.8, 4) is 0 Å². The van der Waals surface area contributed by atoms with E-state index in [9.17, 15) is 4.39 Å². The van der Waals surface area contributed by atoms with Gasteiger partial charge in [-0.25, -0.2) is 4.39 Å². The number of aromatic nitrogens is 1. The zero-order chi connectivity index (χ0) is 13.4. The van der Waals surface area contributed by atoms with Gasteiger partial charge in [0, 0.05) is 11.4 Å². The number of oxazole rings is 1. The Balaban J connectivity index is 1.94. The van der Waals surface area contributed by atoms with Crippen molar-refractivity contribution in [2.75, 3.05) is 11.1 Å². The molecule has 1 aromatic heterocycles. The maximum atomic E-state index is 13.4. The number of nitrogens with zero attached hydrogens (tertiary/aromatic N) is 1. The van der Waals surface area contributed by atoms with Gasteiger partial charge in [0.15, 0.2) is 5.58 Å². The first-order valence-corrected chi connectivity index (χ1v) is 6.29. The summed E-state index contributed by atoms with van der Waals surface area (Å²) in [6, 6.07) is 10.2. The molecule has 0 bridgehead atoms. The van der Waals surface area contributed by atoms with Gasteiger partial charge in [-0.15, -0.1) is 0 Å². The Bertz CT molecular complexity index is 757. The molecule has 0 unspecified atom stereocenters. The van der Waals surface area contributed by atoms with Crippen LogP contribution in [0.25, 0.3) is 11.1 Å². The summed E-state index contributed by atoms with van der Waals surface area (Å²) in [6.07, 6.45) is 0. The highest BCUT2D eigenvalue weighted by molar-refractivity contribution is 9.10. The zero-order valence-corrected chi connectivity index (χ0v) is 11.2. The lowest BCUT2D eigenvalue weighted by molar-refractivity contribution is 0.617. The molecule has 0 radical (unpaired) electrons. The predicted molar refractivity (Wildman–Crippen MR) is 75.8 cm³/mol. The molecule has 0 amide bonds. The summed E-state index contributed by atoms with van der Waals surface area (Å²) in [7, 11) is 0. The third-order valence-electron chi connectivity index (χ3n) is 2.58. The summed E-state index contributed by atoms with van der Waals surface area (Å²) in [5, 5.41) is 2.90. The molecule has 0 atom stereocenters. The summed E-state index contributed by atoms with van der Waals surface area (Å²) in [6.45, 7) is 0. The first kappa shape index (κ1) is 12.0. The van der Waals surface area contributed by atoms with Crippen LogP contribution in [0.1, 0.15) is 0 Å². The molecule has 3 rings (SSSR count). The fraction of sp³-hybridized carbons (Fsp3) is 0. The van der Waals surface area contributed by atoms with Crippen LogP contribution in [-0.2, 0) is 0 Å². The molecule has 1 heterocycles. The Morgan fingerprint density at radius 2 is 2.05 bits per heavy atom. The maximum absolute atomic E-state index is 13.4. The van der Waals surface area contributed by atoms with E-state index in [4.69, 9.17) is 10.2 Å². The summed E-state index contributed by atoms with van der Waals surface area (Å²) >= 11 is 3.10. The van der Waals surface area contributed by atoms with Crippen molar-refractivity contribution in [1.82, 2.24) is 4.98 Å². The zero-order valence-electron chi connectivity index (χ0n) is 9.65. The molecule has 0 aliphatic heterocycles. The van der Waals surface area contributed by atoms with E-state index in [1.54, 1.807) is 30.3 Å². The smallest absolute Gasteiger partial charge is 0.300 e. The average Bonchev–Trinajstić information content (AvgIpc) is 2.75. The highest BCUT2D eigenvalue weighted by atomic mass is 79.9. The fourth-order valence-electron chi connectivity index (χ4n) is 1.70. The summed E-state index contributed by atoms with van der Waals surface area (Å²) in [4.78, 5) is 4.23. The third kappa shape index (κ3) is 2.39. The predicted octanol–water partition coefficient (Wildman–Crippen LogP) is 4.06. The van der Waals surface area contributed by atoms with Crippen LogP contribution < -0.4 is 11.1 Å². The van der Waals surface area contributed by atoms with Crippen molar-refractivity contribution >= 4 is 44.4 Å². The molecule has 6 heteroatoms. The van der Waals surface area contributed by atoms with Crippen molar-refractivity contribution in [1.29, 1.82) is 0 Å². The molecule has 0 fully saturated rings. The maximum Gasteiger partial charge on any atom is 0.300 e. The Hall–Kier alpha value is -2.08. The van der Waals surface area contributed by atoms with Gasteiger partial charge in [-0.05, 0) is 52.3 Å². The number of halogens is 2. The topological polar surface area (TPSA) is 64.1 Å². The van der Waals surface area contributed by atoms with Crippen LogP contribution in [0.3, 0.4) is 0 Å². The Labute approximate surface area is 116 Å². The van der Waals surface area contributed by atoms with Crippen molar-refractivity contribution in [3.63, 3.8) is 0 Å². The lowest BCUT2D eigenvalue weighted by Crippen LogP contribution is -1.91. The number of nitrogens with two attached hydrogens (primary N) is 1. The van der Waals surface area contributed by atoms with Crippen LogP contribution >= 0.6 is 15.9 Å². The van der Waals surface area contributed by atoms with Crippen LogP contribution in [0.4, 0.5) is 21.8 Å². The minimum absolute atomic E-state index is 0.294. The van der Waals surface area contributed by atoms with E-state index in [1.807, 2.05) is 0 Å². The number of nitrogens with one attached hydrogen (secondary N) is 1. The molecule has 4 nitrogen and oxygen atoms in total. The molecular weight excluding hydrogens is 313 g/mol.